The predicted molar refractivity (Wildman–Crippen MR) is 68.6 cm³/mol. The van der Waals surface area contributed by atoms with E-state index in [1.807, 2.05) is 17.0 Å². The monoisotopic (exact) mass is 323 g/mol. The molecule has 5 heteroatoms. The highest BCUT2D eigenvalue weighted by atomic mass is 79.9. The topological polar surface area (TPSA) is 3.24 Å². The van der Waals surface area contributed by atoms with Crippen molar-refractivity contribution in [2.24, 2.45) is 0 Å². The Hall–Kier alpha value is -0.190. The molecule has 1 aliphatic rings. The average molecular weight is 325 g/mol. The quantitative estimate of drug-likeness (QED) is 0.782. The lowest BCUT2D eigenvalue weighted by Crippen LogP contribution is -2.38. The summed E-state index contributed by atoms with van der Waals surface area (Å²) < 4.78 is 26.9. The molecule has 1 fully saturated rings. The summed E-state index contributed by atoms with van der Waals surface area (Å²) in [6.07, 6.45) is -0.101. The number of nitrogens with zero attached hydrogens (tertiary/aromatic N) is 1. The Morgan fingerprint density at radius 2 is 1.94 bits per heavy atom. The maximum atomic E-state index is 13.0. The first kappa shape index (κ1) is 13.2. The van der Waals surface area contributed by atoms with Crippen molar-refractivity contribution in [3.8, 4) is 0 Å². The summed E-state index contributed by atoms with van der Waals surface area (Å²) >= 11 is 9.41. The Morgan fingerprint density at radius 3 is 2.59 bits per heavy atom. The molecule has 0 radical (unpaired) electrons. The van der Waals surface area contributed by atoms with E-state index in [2.05, 4.69) is 15.9 Å². The molecule has 1 heterocycles. The molecule has 1 nitrogen and oxygen atoms in total. The SMILES string of the molecule is FC1(F)CCN(Cc2cccc(Cl)c2Br)CC1. The molecule has 1 saturated heterocycles. The lowest BCUT2D eigenvalue weighted by molar-refractivity contribution is -0.0566. The third-order valence-corrected chi connectivity index (χ3v) is 4.49. The third kappa shape index (κ3) is 3.39. The van der Waals surface area contributed by atoms with E-state index < -0.39 is 5.92 Å². The van der Waals surface area contributed by atoms with Gasteiger partial charge in [0.25, 0.3) is 5.92 Å². The fraction of sp³-hybridized carbons (Fsp3) is 0.500. The highest BCUT2D eigenvalue weighted by Gasteiger charge is 2.33. The van der Waals surface area contributed by atoms with Gasteiger partial charge in [0.05, 0.1) is 5.02 Å². The highest BCUT2D eigenvalue weighted by molar-refractivity contribution is 9.10. The molecular weight excluding hydrogens is 311 g/mol. The van der Waals surface area contributed by atoms with Gasteiger partial charge in [-0.3, -0.25) is 4.90 Å². The van der Waals surface area contributed by atoms with Gasteiger partial charge in [-0.15, -0.1) is 0 Å². The van der Waals surface area contributed by atoms with Crippen molar-refractivity contribution in [2.45, 2.75) is 25.3 Å². The largest absolute Gasteiger partial charge is 0.299 e. The third-order valence-electron chi connectivity index (χ3n) is 3.01. The molecule has 0 bridgehead atoms. The minimum absolute atomic E-state index is 0.0504. The second kappa shape index (κ2) is 5.21. The Bertz CT molecular complexity index is 401. The van der Waals surface area contributed by atoms with E-state index in [1.165, 1.54) is 0 Å². The summed E-state index contributed by atoms with van der Waals surface area (Å²) in [6.45, 7) is 1.54. The fourth-order valence-corrected chi connectivity index (χ4v) is 2.53. The van der Waals surface area contributed by atoms with Gasteiger partial charge in [0, 0.05) is 36.9 Å². The zero-order valence-electron chi connectivity index (χ0n) is 9.23. The minimum Gasteiger partial charge on any atom is -0.299 e. The van der Waals surface area contributed by atoms with Crippen LogP contribution in [0.2, 0.25) is 5.02 Å². The number of rotatable bonds is 2. The van der Waals surface area contributed by atoms with Gasteiger partial charge in [0.1, 0.15) is 0 Å². The Balaban J connectivity index is 2.00. The number of likely N-dealkylation sites (tertiary alicyclic amines) is 1. The van der Waals surface area contributed by atoms with E-state index in [0.717, 1.165) is 10.0 Å². The summed E-state index contributed by atoms with van der Waals surface area (Å²) in [5.41, 5.74) is 1.04. The van der Waals surface area contributed by atoms with Crippen LogP contribution < -0.4 is 0 Å². The second-order valence-electron chi connectivity index (χ2n) is 4.35. The summed E-state index contributed by atoms with van der Waals surface area (Å²) in [7, 11) is 0. The van der Waals surface area contributed by atoms with Crippen LogP contribution in [0.5, 0.6) is 0 Å². The molecule has 0 unspecified atom stereocenters. The van der Waals surface area contributed by atoms with E-state index >= 15 is 0 Å². The maximum absolute atomic E-state index is 13.0. The lowest BCUT2D eigenvalue weighted by Gasteiger charge is -2.31. The minimum atomic E-state index is -2.48. The molecule has 2 rings (SSSR count). The summed E-state index contributed by atoms with van der Waals surface area (Å²) in [5, 5.41) is 0.657. The van der Waals surface area contributed by atoms with Crippen molar-refractivity contribution in [1.29, 1.82) is 0 Å². The smallest absolute Gasteiger partial charge is 0.250 e. The molecule has 0 N–H and O–H groups in total. The van der Waals surface area contributed by atoms with Crippen molar-refractivity contribution < 1.29 is 8.78 Å². The summed E-state index contributed by atoms with van der Waals surface area (Å²) in [5.74, 6) is -2.48. The van der Waals surface area contributed by atoms with Crippen LogP contribution in [0.4, 0.5) is 8.78 Å². The van der Waals surface area contributed by atoms with Crippen LogP contribution in [-0.2, 0) is 6.54 Å². The highest BCUT2D eigenvalue weighted by Crippen LogP contribution is 2.31. The Kier molecular flexibility index (Phi) is 4.06. The van der Waals surface area contributed by atoms with E-state index in [1.54, 1.807) is 6.07 Å². The van der Waals surface area contributed by atoms with Crippen LogP contribution in [0.15, 0.2) is 22.7 Å². The molecule has 17 heavy (non-hydrogen) atoms. The van der Waals surface area contributed by atoms with Crippen molar-refractivity contribution >= 4 is 27.5 Å². The molecule has 94 valence electrons. The van der Waals surface area contributed by atoms with Crippen LogP contribution in [-0.4, -0.2) is 23.9 Å². The molecule has 0 atom stereocenters. The van der Waals surface area contributed by atoms with E-state index in [-0.39, 0.29) is 12.8 Å². The van der Waals surface area contributed by atoms with Crippen LogP contribution in [0, 0.1) is 0 Å². The van der Waals surface area contributed by atoms with E-state index in [9.17, 15) is 8.78 Å². The molecular formula is C12H13BrClF2N. The van der Waals surface area contributed by atoms with Crippen LogP contribution in [0.1, 0.15) is 18.4 Å². The molecule has 0 aromatic heterocycles. The van der Waals surface area contributed by atoms with Gasteiger partial charge < -0.3 is 0 Å². The van der Waals surface area contributed by atoms with Gasteiger partial charge in [-0.1, -0.05) is 23.7 Å². The van der Waals surface area contributed by atoms with Gasteiger partial charge in [-0.05, 0) is 27.6 Å². The van der Waals surface area contributed by atoms with E-state index in [0.29, 0.717) is 24.7 Å². The first-order valence-electron chi connectivity index (χ1n) is 5.51. The number of hydrogen-bond acceptors (Lipinski definition) is 1. The molecule has 0 spiro atoms. The van der Waals surface area contributed by atoms with Gasteiger partial charge in [-0.2, -0.15) is 0 Å². The van der Waals surface area contributed by atoms with Gasteiger partial charge in [0.15, 0.2) is 0 Å². The molecule has 0 amide bonds. The van der Waals surface area contributed by atoms with Gasteiger partial charge >= 0.3 is 0 Å². The standard InChI is InChI=1S/C12H13BrClF2N/c13-11-9(2-1-3-10(11)14)8-17-6-4-12(15,16)5-7-17/h1-3H,4-8H2. The van der Waals surface area contributed by atoms with Crippen molar-refractivity contribution in [3.05, 3.63) is 33.3 Å². The number of hydrogen-bond donors (Lipinski definition) is 0. The Morgan fingerprint density at radius 1 is 1.29 bits per heavy atom. The molecule has 1 aliphatic heterocycles. The molecule has 0 saturated carbocycles. The van der Waals surface area contributed by atoms with Crippen molar-refractivity contribution in [1.82, 2.24) is 4.90 Å². The summed E-state index contributed by atoms with van der Waals surface area (Å²) in [6, 6.07) is 5.64. The lowest BCUT2D eigenvalue weighted by atomic mass is 10.1. The van der Waals surface area contributed by atoms with Gasteiger partial charge in [-0.25, -0.2) is 8.78 Å². The normalized spacial score (nSPS) is 20.5. The van der Waals surface area contributed by atoms with Crippen molar-refractivity contribution in [3.63, 3.8) is 0 Å². The maximum Gasteiger partial charge on any atom is 0.250 e. The molecule has 1 aromatic rings. The zero-order chi connectivity index (χ0) is 12.5. The van der Waals surface area contributed by atoms with Crippen molar-refractivity contribution in [2.75, 3.05) is 13.1 Å². The molecule has 1 aromatic carbocycles. The predicted octanol–water partition coefficient (Wildman–Crippen LogP) is 4.33. The number of piperidine rings is 1. The average Bonchev–Trinajstić information content (AvgIpc) is 2.27. The molecule has 0 aliphatic carbocycles. The van der Waals surface area contributed by atoms with Crippen LogP contribution in [0.25, 0.3) is 0 Å². The number of halogens is 4. The number of alkyl halides is 2. The van der Waals surface area contributed by atoms with Crippen LogP contribution >= 0.6 is 27.5 Å². The first-order chi connectivity index (χ1) is 7.98. The van der Waals surface area contributed by atoms with Crippen LogP contribution in [0.3, 0.4) is 0 Å². The van der Waals surface area contributed by atoms with Gasteiger partial charge in [0.2, 0.25) is 0 Å². The first-order valence-corrected chi connectivity index (χ1v) is 6.68. The second-order valence-corrected chi connectivity index (χ2v) is 5.55. The fourth-order valence-electron chi connectivity index (χ4n) is 1.95. The Labute approximate surface area is 113 Å². The zero-order valence-corrected chi connectivity index (χ0v) is 11.6. The number of benzene rings is 1. The van der Waals surface area contributed by atoms with E-state index in [4.69, 9.17) is 11.6 Å². The summed E-state index contributed by atoms with van der Waals surface area (Å²) in [4.78, 5) is 2.04.